The van der Waals surface area contributed by atoms with E-state index >= 15 is 0 Å². The standard InChI is InChI=1S/C9H9NOS/c1-6(11)8-4-2-3-7-5-10-12-9(7)8/h2-5,7,9H,1H3. The van der Waals surface area contributed by atoms with Crippen molar-refractivity contribution in [2.24, 2.45) is 10.3 Å². The first kappa shape index (κ1) is 7.80. The molecule has 0 radical (unpaired) electrons. The highest BCUT2D eigenvalue weighted by Crippen LogP contribution is 2.35. The minimum Gasteiger partial charge on any atom is -0.295 e. The molecule has 2 atom stereocenters. The number of Topliss-reactive ketones (excluding diaryl/α,β-unsaturated/α-hetero) is 1. The summed E-state index contributed by atoms with van der Waals surface area (Å²) in [6.45, 7) is 1.61. The summed E-state index contributed by atoms with van der Waals surface area (Å²) in [6, 6.07) is 0. The van der Waals surface area contributed by atoms with Crippen LogP contribution in [0.4, 0.5) is 0 Å². The third-order valence-electron chi connectivity index (χ3n) is 2.08. The van der Waals surface area contributed by atoms with Crippen LogP contribution in [0.3, 0.4) is 0 Å². The van der Waals surface area contributed by atoms with Gasteiger partial charge in [0, 0.05) is 17.7 Å². The first-order valence-corrected chi connectivity index (χ1v) is 4.71. The van der Waals surface area contributed by atoms with Crippen LogP contribution in [-0.2, 0) is 4.79 Å². The van der Waals surface area contributed by atoms with E-state index in [0.29, 0.717) is 5.92 Å². The van der Waals surface area contributed by atoms with Crippen LogP contribution in [0.5, 0.6) is 0 Å². The van der Waals surface area contributed by atoms with Crippen molar-refractivity contribution in [3.8, 4) is 0 Å². The molecule has 1 aliphatic carbocycles. The summed E-state index contributed by atoms with van der Waals surface area (Å²) in [5.41, 5.74) is 0.894. The van der Waals surface area contributed by atoms with Gasteiger partial charge in [0.1, 0.15) is 0 Å². The lowest BCUT2D eigenvalue weighted by atomic mass is 9.93. The maximum Gasteiger partial charge on any atom is 0.157 e. The molecule has 1 aliphatic heterocycles. The molecule has 0 aromatic rings. The average Bonchev–Trinajstić information content (AvgIpc) is 2.49. The second-order valence-electron chi connectivity index (χ2n) is 2.92. The Morgan fingerprint density at radius 2 is 2.50 bits per heavy atom. The van der Waals surface area contributed by atoms with Crippen molar-refractivity contribution in [3.05, 3.63) is 23.8 Å². The fourth-order valence-electron chi connectivity index (χ4n) is 1.43. The highest BCUT2D eigenvalue weighted by Gasteiger charge is 2.30. The monoisotopic (exact) mass is 179 g/mol. The molecule has 2 unspecified atom stereocenters. The van der Waals surface area contributed by atoms with Crippen molar-refractivity contribution in [1.29, 1.82) is 0 Å². The molecule has 1 heterocycles. The molecule has 0 N–H and O–H groups in total. The Balaban J connectivity index is 2.30. The van der Waals surface area contributed by atoms with Gasteiger partial charge >= 0.3 is 0 Å². The van der Waals surface area contributed by atoms with Gasteiger partial charge in [-0.25, -0.2) is 4.40 Å². The number of carbonyl (C=O) groups excluding carboxylic acids is 1. The minimum atomic E-state index is 0.160. The molecule has 0 saturated heterocycles. The lowest BCUT2D eigenvalue weighted by molar-refractivity contribution is -0.113. The van der Waals surface area contributed by atoms with Gasteiger partial charge in [0.15, 0.2) is 5.78 Å². The fourth-order valence-corrected chi connectivity index (χ4v) is 2.44. The molecule has 3 heteroatoms. The van der Waals surface area contributed by atoms with Crippen molar-refractivity contribution in [2.45, 2.75) is 12.2 Å². The van der Waals surface area contributed by atoms with Crippen LogP contribution in [0.1, 0.15) is 6.92 Å². The van der Waals surface area contributed by atoms with E-state index in [1.165, 1.54) is 11.9 Å². The maximum absolute atomic E-state index is 11.2. The molecule has 0 aromatic carbocycles. The zero-order valence-corrected chi connectivity index (χ0v) is 7.54. The number of nitrogens with zero attached hydrogens (tertiary/aromatic N) is 1. The number of allylic oxidation sites excluding steroid dienone is 3. The maximum atomic E-state index is 11.2. The lowest BCUT2D eigenvalue weighted by Gasteiger charge is -2.17. The minimum absolute atomic E-state index is 0.160. The molecular formula is C9H9NOS. The molecule has 0 saturated carbocycles. The van der Waals surface area contributed by atoms with Gasteiger partial charge in [-0.1, -0.05) is 18.2 Å². The van der Waals surface area contributed by atoms with Crippen molar-refractivity contribution in [3.63, 3.8) is 0 Å². The van der Waals surface area contributed by atoms with Gasteiger partial charge in [0.2, 0.25) is 0 Å². The first-order valence-electron chi connectivity index (χ1n) is 3.87. The molecule has 2 rings (SSSR count). The normalized spacial score (nSPS) is 31.6. The van der Waals surface area contributed by atoms with E-state index < -0.39 is 0 Å². The number of fused-ring (bicyclic) bond motifs is 1. The molecule has 2 aliphatic rings. The Bertz CT molecular complexity index is 304. The largest absolute Gasteiger partial charge is 0.295 e. The summed E-state index contributed by atoms with van der Waals surface area (Å²) in [5.74, 6) is 0.492. The molecule has 62 valence electrons. The van der Waals surface area contributed by atoms with Gasteiger partial charge in [-0.05, 0) is 18.9 Å². The number of rotatable bonds is 1. The van der Waals surface area contributed by atoms with Crippen molar-refractivity contribution in [1.82, 2.24) is 0 Å². The quantitative estimate of drug-likeness (QED) is 0.574. The van der Waals surface area contributed by atoms with Crippen molar-refractivity contribution in [2.75, 3.05) is 0 Å². The SMILES string of the molecule is CC(=O)C1=CC=CC2C=NSC12. The summed E-state index contributed by atoms with van der Waals surface area (Å²) in [4.78, 5) is 11.2. The van der Waals surface area contributed by atoms with Crippen LogP contribution in [-0.4, -0.2) is 17.2 Å². The Kier molecular flexibility index (Phi) is 1.89. The molecule has 0 fully saturated rings. The second kappa shape index (κ2) is 2.90. The van der Waals surface area contributed by atoms with Gasteiger partial charge in [-0.2, -0.15) is 0 Å². The van der Waals surface area contributed by atoms with Gasteiger partial charge in [0.05, 0.1) is 5.25 Å². The zero-order valence-electron chi connectivity index (χ0n) is 6.73. The topological polar surface area (TPSA) is 29.4 Å². The predicted octanol–water partition coefficient (Wildman–Crippen LogP) is 1.79. The van der Waals surface area contributed by atoms with Crippen LogP contribution in [0.2, 0.25) is 0 Å². The zero-order chi connectivity index (χ0) is 8.55. The summed E-state index contributed by atoms with van der Waals surface area (Å²) in [5, 5.41) is 0.243. The highest BCUT2D eigenvalue weighted by atomic mass is 32.2. The molecule has 0 aromatic heterocycles. The number of carbonyl (C=O) groups is 1. The van der Waals surface area contributed by atoms with E-state index in [0.717, 1.165) is 5.57 Å². The van der Waals surface area contributed by atoms with Gasteiger partial charge in [-0.3, -0.25) is 4.79 Å². The molecule has 0 bridgehead atoms. The van der Waals surface area contributed by atoms with Crippen LogP contribution >= 0.6 is 11.9 Å². The number of ketones is 1. The van der Waals surface area contributed by atoms with Crippen LogP contribution in [0.25, 0.3) is 0 Å². The predicted molar refractivity (Wildman–Crippen MR) is 51.3 cm³/mol. The summed E-state index contributed by atoms with van der Waals surface area (Å²) in [6.07, 6.45) is 7.82. The van der Waals surface area contributed by atoms with E-state index in [4.69, 9.17) is 0 Å². The number of hydrogen-bond acceptors (Lipinski definition) is 3. The van der Waals surface area contributed by atoms with Gasteiger partial charge in [0.25, 0.3) is 0 Å². The molecule has 0 spiro atoms. The second-order valence-corrected chi connectivity index (χ2v) is 3.85. The van der Waals surface area contributed by atoms with E-state index in [9.17, 15) is 4.79 Å². The Labute approximate surface area is 75.6 Å². The molecular weight excluding hydrogens is 170 g/mol. The van der Waals surface area contributed by atoms with Crippen molar-refractivity contribution >= 4 is 23.9 Å². The highest BCUT2D eigenvalue weighted by molar-refractivity contribution is 7.99. The van der Waals surface area contributed by atoms with Gasteiger partial charge in [-0.15, -0.1) is 0 Å². The summed E-state index contributed by atoms with van der Waals surface area (Å²) < 4.78 is 4.11. The molecule has 2 nitrogen and oxygen atoms in total. The first-order chi connectivity index (χ1) is 5.79. The lowest BCUT2D eigenvalue weighted by Crippen LogP contribution is -2.21. The molecule has 0 amide bonds. The van der Waals surface area contributed by atoms with E-state index in [-0.39, 0.29) is 11.0 Å². The third kappa shape index (κ3) is 1.14. The Hall–Kier alpha value is -0.830. The van der Waals surface area contributed by atoms with E-state index in [2.05, 4.69) is 10.5 Å². The van der Waals surface area contributed by atoms with E-state index in [1.54, 1.807) is 6.92 Å². The van der Waals surface area contributed by atoms with Gasteiger partial charge < -0.3 is 0 Å². The van der Waals surface area contributed by atoms with Crippen LogP contribution < -0.4 is 0 Å². The van der Waals surface area contributed by atoms with Crippen LogP contribution in [0.15, 0.2) is 28.2 Å². The third-order valence-corrected chi connectivity index (χ3v) is 3.12. The van der Waals surface area contributed by atoms with Crippen molar-refractivity contribution < 1.29 is 4.79 Å². The average molecular weight is 179 g/mol. The summed E-state index contributed by atoms with van der Waals surface area (Å²) >= 11 is 1.49. The fraction of sp³-hybridized carbons (Fsp3) is 0.333. The van der Waals surface area contributed by atoms with E-state index in [1.807, 2.05) is 18.4 Å². The summed E-state index contributed by atoms with van der Waals surface area (Å²) in [7, 11) is 0. The smallest absolute Gasteiger partial charge is 0.157 e. The van der Waals surface area contributed by atoms with Crippen LogP contribution in [0, 0.1) is 5.92 Å². The molecule has 12 heavy (non-hydrogen) atoms. The Morgan fingerprint density at radius 3 is 3.25 bits per heavy atom. The Morgan fingerprint density at radius 1 is 1.67 bits per heavy atom. The number of hydrogen-bond donors (Lipinski definition) is 0.